The molecule has 32 heavy (non-hydrogen) atoms. The molecular weight excluding hydrogens is 472 g/mol. The van der Waals surface area contributed by atoms with Gasteiger partial charge in [-0.1, -0.05) is 35.5 Å². The van der Waals surface area contributed by atoms with Crippen LogP contribution in [0.3, 0.4) is 0 Å². The third-order valence-electron chi connectivity index (χ3n) is 5.14. The molecule has 0 saturated carbocycles. The number of carbonyl (C=O) groups excluding carboxylic acids is 1. The highest BCUT2D eigenvalue weighted by atomic mass is 79.9. The van der Waals surface area contributed by atoms with E-state index in [4.69, 9.17) is 9.26 Å². The summed E-state index contributed by atoms with van der Waals surface area (Å²) in [4.78, 5) is 12.9. The zero-order chi connectivity index (χ0) is 22.7. The van der Waals surface area contributed by atoms with Gasteiger partial charge in [0.1, 0.15) is 18.1 Å². The minimum atomic E-state index is -0.348. The second-order valence-electron chi connectivity index (χ2n) is 7.46. The van der Waals surface area contributed by atoms with Crippen LogP contribution in [0.4, 0.5) is 5.69 Å². The molecule has 0 spiro atoms. The molecule has 1 amide bonds. The maximum absolute atomic E-state index is 12.9. The number of nitrogens with zero attached hydrogens (tertiary/aromatic N) is 3. The van der Waals surface area contributed by atoms with Crippen LogP contribution in [0.25, 0.3) is 0 Å². The Kier molecular flexibility index (Phi) is 6.41. The number of rotatable bonds is 7. The minimum Gasteiger partial charge on any atom is -0.489 e. The lowest BCUT2D eigenvalue weighted by Crippen LogP contribution is -2.15. The lowest BCUT2D eigenvalue weighted by atomic mass is 10.1. The van der Waals surface area contributed by atoms with Crippen molar-refractivity contribution >= 4 is 27.5 Å². The number of carbonyl (C=O) groups is 1. The first kappa shape index (κ1) is 21.8. The molecule has 7 nitrogen and oxygen atoms in total. The van der Waals surface area contributed by atoms with E-state index in [2.05, 4.69) is 31.5 Å². The zero-order valence-electron chi connectivity index (χ0n) is 18.1. The van der Waals surface area contributed by atoms with E-state index in [9.17, 15) is 4.79 Å². The molecule has 0 radical (unpaired) electrons. The first-order valence-corrected chi connectivity index (χ1v) is 10.9. The Morgan fingerprint density at radius 2 is 1.91 bits per heavy atom. The standard InChI is InChI=1S/C24H23BrN4O3/c1-15-22(25)16(2)29(27-15)13-18-8-7-9-19(12-18)26-24(30)23-21(17(3)32-28-23)14-31-20-10-5-4-6-11-20/h4-12H,13-14H2,1-3H3,(H,26,30). The van der Waals surface area contributed by atoms with E-state index < -0.39 is 0 Å². The Hall–Kier alpha value is -3.39. The molecule has 0 unspecified atom stereocenters. The number of halogens is 1. The molecule has 0 aliphatic rings. The average molecular weight is 495 g/mol. The van der Waals surface area contributed by atoms with Crippen molar-refractivity contribution in [3.05, 3.63) is 93.0 Å². The molecule has 2 aromatic carbocycles. The van der Waals surface area contributed by atoms with Gasteiger partial charge in [0.25, 0.3) is 5.91 Å². The summed E-state index contributed by atoms with van der Waals surface area (Å²) in [6, 6.07) is 17.1. The zero-order valence-corrected chi connectivity index (χ0v) is 19.6. The van der Waals surface area contributed by atoms with E-state index in [1.807, 2.05) is 73.1 Å². The molecule has 0 atom stereocenters. The molecule has 0 aliphatic carbocycles. The van der Waals surface area contributed by atoms with E-state index in [1.54, 1.807) is 6.92 Å². The maximum Gasteiger partial charge on any atom is 0.278 e. The lowest BCUT2D eigenvalue weighted by molar-refractivity contribution is 0.101. The van der Waals surface area contributed by atoms with Gasteiger partial charge in [0.2, 0.25) is 0 Å². The highest BCUT2D eigenvalue weighted by Gasteiger charge is 2.21. The summed E-state index contributed by atoms with van der Waals surface area (Å²) in [6.07, 6.45) is 0. The van der Waals surface area contributed by atoms with E-state index in [1.165, 1.54) is 0 Å². The molecule has 164 valence electrons. The normalized spacial score (nSPS) is 10.9. The highest BCUT2D eigenvalue weighted by Crippen LogP contribution is 2.22. The summed E-state index contributed by atoms with van der Waals surface area (Å²) < 4.78 is 14.0. The van der Waals surface area contributed by atoms with Crippen LogP contribution in [0.2, 0.25) is 0 Å². The molecular formula is C24H23BrN4O3. The topological polar surface area (TPSA) is 82.2 Å². The number of hydrogen-bond donors (Lipinski definition) is 1. The summed E-state index contributed by atoms with van der Waals surface area (Å²) in [5.74, 6) is 0.914. The number of anilines is 1. The minimum absolute atomic E-state index is 0.189. The molecule has 0 saturated heterocycles. The van der Waals surface area contributed by atoms with Gasteiger partial charge in [-0.05, 0) is 66.5 Å². The maximum atomic E-state index is 12.9. The lowest BCUT2D eigenvalue weighted by Gasteiger charge is -2.09. The van der Waals surface area contributed by atoms with Crippen LogP contribution in [0.15, 0.2) is 63.6 Å². The van der Waals surface area contributed by atoms with E-state index in [-0.39, 0.29) is 18.2 Å². The van der Waals surface area contributed by atoms with Crippen molar-refractivity contribution in [3.63, 3.8) is 0 Å². The average Bonchev–Trinajstić information content (AvgIpc) is 3.27. The monoisotopic (exact) mass is 494 g/mol. The Bertz CT molecular complexity index is 1250. The Morgan fingerprint density at radius 3 is 2.62 bits per heavy atom. The number of amides is 1. The fourth-order valence-corrected chi connectivity index (χ4v) is 3.64. The SMILES string of the molecule is Cc1nn(Cc2cccc(NC(=O)c3noc(C)c3COc3ccccc3)c2)c(C)c1Br. The van der Waals surface area contributed by atoms with Gasteiger partial charge in [-0.15, -0.1) is 0 Å². The Balaban J connectivity index is 1.47. The quantitative estimate of drug-likeness (QED) is 0.369. The van der Waals surface area contributed by atoms with Gasteiger partial charge in [-0.3, -0.25) is 9.48 Å². The van der Waals surface area contributed by atoms with Gasteiger partial charge in [0.15, 0.2) is 5.69 Å². The van der Waals surface area contributed by atoms with Gasteiger partial charge in [0.05, 0.1) is 28.0 Å². The van der Waals surface area contributed by atoms with Gasteiger partial charge >= 0.3 is 0 Å². The largest absolute Gasteiger partial charge is 0.489 e. The number of para-hydroxylation sites is 1. The predicted octanol–water partition coefficient (Wildman–Crippen LogP) is 5.44. The number of ether oxygens (including phenoxy) is 1. The summed E-state index contributed by atoms with van der Waals surface area (Å²) in [7, 11) is 0. The number of hydrogen-bond acceptors (Lipinski definition) is 5. The fourth-order valence-electron chi connectivity index (χ4n) is 3.35. The predicted molar refractivity (Wildman–Crippen MR) is 125 cm³/mol. The summed E-state index contributed by atoms with van der Waals surface area (Å²) in [6.45, 7) is 6.53. The first-order valence-electron chi connectivity index (χ1n) is 10.1. The number of aromatic nitrogens is 3. The molecule has 2 heterocycles. The van der Waals surface area contributed by atoms with Crippen LogP contribution >= 0.6 is 15.9 Å². The highest BCUT2D eigenvalue weighted by molar-refractivity contribution is 9.10. The van der Waals surface area contributed by atoms with Crippen LogP contribution in [0.5, 0.6) is 5.75 Å². The van der Waals surface area contributed by atoms with Crippen molar-refractivity contribution in [1.29, 1.82) is 0 Å². The van der Waals surface area contributed by atoms with Gasteiger partial charge in [-0.2, -0.15) is 5.10 Å². The van der Waals surface area contributed by atoms with Crippen molar-refractivity contribution in [1.82, 2.24) is 14.9 Å². The van der Waals surface area contributed by atoms with E-state index >= 15 is 0 Å². The molecule has 0 bridgehead atoms. The second-order valence-corrected chi connectivity index (χ2v) is 8.26. The third kappa shape index (κ3) is 4.75. The number of benzene rings is 2. The van der Waals surface area contributed by atoms with Crippen LogP contribution < -0.4 is 10.1 Å². The first-order chi connectivity index (χ1) is 15.4. The summed E-state index contributed by atoms with van der Waals surface area (Å²) in [5, 5.41) is 11.4. The van der Waals surface area contributed by atoms with E-state index in [0.717, 1.165) is 21.4 Å². The van der Waals surface area contributed by atoms with Crippen molar-refractivity contribution in [2.24, 2.45) is 0 Å². The number of aryl methyl sites for hydroxylation is 2. The number of nitrogens with one attached hydrogen (secondary N) is 1. The van der Waals surface area contributed by atoms with Gasteiger partial charge < -0.3 is 14.6 Å². The van der Waals surface area contributed by atoms with Crippen molar-refractivity contribution < 1.29 is 14.1 Å². The Labute approximate surface area is 194 Å². The molecule has 1 N–H and O–H groups in total. The molecule has 8 heteroatoms. The van der Waals surface area contributed by atoms with Crippen molar-refractivity contribution in [2.45, 2.75) is 33.9 Å². The third-order valence-corrected chi connectivity index (χ3v) is 6.28. The molecule has 0 fully saturated rings. The van der Waals surface area contributed by atoms with E-state index in [0.29, 0.717) is 29.3 Å². The fraction of sp³-hybridized carbons (Fsp3) is 0.208. The molecule has 4 rings (SSSR count). The van der Waals surface area contributed by atoms with Crippen molar-refractivity contribution in [2.75, 3.05) is 5.32 Å². The summed E-state index contributed by atoms with van der Waals surface area (Å²) in [5.41, 5.74) is 4.52. The van der Waals surface area contributed by atoms with Crippen molar-refractivity contribution in [3.8, 4) is 5.75 Å². The van der Waals surface area contributed by atoms with Crippen LogP contribution in [-0.4, -0.2) is 20.8 Å². The van der Waals surface area contributed by atoms with Crippen LogP contribution in [0.1, 0.15) is 38.8 Å². The van der Waals surface area contributed by atoms with Gasteiger partial charge in [-0.25, -0.2) is 0 Å². The smallest absolute Gasteiger partial charge is 0.278 e. The summed E-state index contributed by atoms with van der Waals surface area (Å²) >= 11 is 3.56. The second kappa shape index (κ2) is 9.40. The van der Waals surface area contributed by atoms with Crippen LogP contribution in [0, 0.1) is 20.8 Å². The van der Waals surface area contributed by atoms with Crippen LogP contribution in [-0.2, 0) is 13.2 Å². The molecule has 2 aromatic heterocycles. The molecule has 4 aromatic rings. The molecule has 0 aliphatic heterocycles. The van der Waals surface area contributed by atoms with Gasteiger partial charge in [0, 0.05) is 5.69 Å². The Morgan fingerprint density at radius 1 is 1.12 bits per heavy atom.